The zero-order chi connectivity index (χ0) is 22.0. The van der Waals surface area contributed by atoms with Crippen molar-refractivity contribution in [3.8, 4) is 0 Å². The number of hydrogen-bond donors (Lipinski definition) is 0. The maximum Gasteiger partial charge on any atom is 0.308 e. The number of ether oxygens (including phenoxy) is 1. The molecule has 0 atom stereocenters. The van der Waals surface area contributed by atoms with Crippen LogP contribution in [0.2, 0.25) is 0 Å². The van der Waals surface area contributed by atoms with Gasteiger partial charge in [-0.3, -0.25) is 19.0 Å². The number of aromatic nitrogens is 2. The molecule has 3 aromatic rings. The summed E-state index contributed by atoms with van der Waals surface area (Å²) in [5.74, 6) is -0.755. The minimum atomic E-state index is -0.355. The van der Waals surface area contributed by atoms with Gasteiger partial charge in [-0.15, -0.1) is 0 Å². The minimum Gasteiger partial charge on any atom is -0.469 e. The predicted octanol–water partition coefficient (Wildman–Crippen LogP) is 2.78. The molecule has 3 heterocycles. The zero-order valence-electron chi connectivity index (χ0n) is 17.7. The number of fused-ring (bicyclic) bond motifs is 1. The zero-order valence-corrected chi connectivity index (χ0v) is 17.7. The molecule has 0 spiro atoms. The Morgan fingerprint density at radius 2 is 1.84 bits per heavy atom. The average Bonchev–Trinajstić information content (AvgIpc) is 2.81. The molecule has 1 fully saturated rings. The lowest BCUT2D eigenvalue weighted by Gasteiger charge is -2.30. The summed E-state index contributed by atoms with van der Waals surface area (Å²) in [6.07, 6.45) is 2.71. The quantitative estimate of drug-likeness (QED) is 0.608. The second-order valence-corrected chi connectivity index (χ2v) is 7.94. The SMILES string of the molecule is COC(=O)C1CCN(C(=O)c2cc3cccnc3n(Cc3ccc(C)cc3)c2=O)CC1. The molecule has 0 radical (unpaired) electrons. The smallest absolute Gasteiger partial charge is 0.308 e. The van der Waals surface area contributed by atoms with Gasteiger partial charge in [-0.1, -0.05) is 29.8 Å². The molecule has 4 rings (SSSR count). The van der Waals surface area contributed by atoms with E-state index < -0.39 is 0 Å². The normalized spacial score (nSPS) is 14.6. The van der Waals surface area contributed by atoms with Crippen LogP contribution >= 0.6 is 0 Å². The molecule has 1 amide bonds. The monoisotopic (exact) mass is 419 g/mol. The number of hydrogen-bond acceptors (Lipinski definition) is 5. The van der Waals surface area contributed by atoms with E-state index in [0.29, 0.717) is 38.1 Å². The number of methoxy groups -OCH3 is 1. The molecule has 31 heavy (non-hydrogen) atoms. The molecule has 1 aliphatic rings. The lowest BCUT2D eigenvalue weighted by Crippen LogP contribution is -2.43. The standard InChI is InChI=1S/C24H25N3O4/c1-16-5-7-17(8-6-16)15-27-21-19(4-3-11-25-21)14-20(23(27)29)22(28)26-12-9-18(10-13-26)24(30)31-2/h3-8,11,14,18H,9-10,12-13,15H2,1-2H3. The van der Waals surface area contributed by atoms with Crippen molar-refractivity contribution < 1.29 is 14.3 Å². The van der Waals surface area contributed by atoms with E-state index in [1.807, 2.05) is 37.3 Å². The van der Waals surface area contributed by atoms with Gasteiger partial charge >= 0.3 is 5.97 Å². The van der Waals surface area contributed by atoms with E-state index in [2.05, 4.69) is 4.98 Å². The molecular formula is C24H25N3O4. The molecule has 0 N–H and O–H groups in total. The molecule has 160 valence electrons. The van der Waals surface area contributed by atoms with Crippen LogP contribution in [0.5, 0.6) is 0 Å². The van der Waals surface area contributed by atoms with Crippen LogP contribution in [0, 0.1) is 12.8 Å². The van der Waals surface area contributed by atoms with Gasteiger partial charge in [-0.25, -0.2) is 4.98 Å². The summed E-state index contributed by atoms with van der Waals surface area (Å²) in [4.78, 5) is 44.4. The van der Waals surface area contributed by atoms with Crippen molar-refractivity contribution >= 4 is 22.9 Å². The van der Waals surface area contributed by atoms with Crippen LogP contribution in [0.3, 0.4) is 0 Å². The van der Waals surface area contributed by atoms with Crippen LogP contribution in [0.15, 0.2) is 53.5 Å². The molecule has 7 heteroatoms. The van der Waals surface area contributed by atoms with E-state index in [-0.39, 0.29) is 28.9 Å². The average molecular weight is 419 g/mol. The van der Waals surface area contributed by atoms with Crippen molar-refractivity contribution in [3.05, 3.63) is 75.7 Å². The molecule has 0 saturated carbocycles. The van der Waals surface area contributed by atoms with Crippen molar-refractivity contribution in [1.29, 1.82) is 0 Å². The van der Waals surface area contributed by atoms with Gasteiger partial charge in [0.2, 0.25) is 0 Å². The first-order chi connectivity index (χ1) is 15.0. The number of pyridine rings is 2. The summed E-state index contributed by atoms with van der Waals surface area (Å²) < 4.78 is 6.38. The molecule has 0 unspecified atom stereocenters. The fourth-order valence-electron chi connectivity index (χ4n) is 4.04. The first-order valence-electron chi connectivity index (χ1n) is 10.4. The Kier molecular flexibility index (Phi) is 5.84. The Hall–Kier alpha value is -3.48. The van der Waals surface area contributed by atoms with Crippen molar-refractivity contribution in [3.63, 3.8) is 0 Å². The van der Waals surface area contributed by atoms with Crippen molar-refractivity contribution in [1.82, 2.24) is 14.5 Å². The fourth-order valence-corrected chi connectivity index (χ4v) is 4.04. The number of nitrogens with zero attached hydrogens (tertiary/aromatic N) is 3. The van der Waals surface area contributed by atoms with E-state index in [1.54, 1.807) is 27.8 Å². The molecule has 1 aromatic carbocycles. The first-order valence-corrected chi connectivity index (χ1v) is 10.4. The molecule has 1 aliphatic heterocycles. The van der Waals surface area contributed by atoms with Crippen molar-refractivity contribution in [2.45, 2.75) is 26.3 Å². The number of piperidine rings is 1. The third kappa shape index (κ3) is 4.21. The van der Waals surface area contributed by atoms with Gasteiger partial charge < -0.3 is 9.64 Å². The fraction of sp³-hybridized carbons (Fsp3) is 0.333. The van der Waals surface area contributed by atoms with Gasteiger partial charge in [0.25, 0.3) is 11.5 Å². The molecule has 0 bridgehead atoms. The van der Waals surface area contributed by atoms with Crippen LogP contribution in [-0.2, 0) is 16.1 Å². The summed E-state index contributed by atoms with van der Waals surface area (Å²) in [5.41, 5.74) is 2.42. The minimum absolute atomic E-state index is 0.129. The Balaban J connectivity index is 1.68. The Labute approximate surface area is 180 Å². The maximum atomic E-state index is 13.4. The molecule has 7 nitrogen and oxygen atoms in total. The van der Waals surface area contributed by atoms with Crippen LogP contribution in [0.25, 0.3) is 11.0 Å². The number of likely N-dealkylation sites (tertiary alicyclic amines) is 1. The maximum absolute atomic E-state index is 13.4. The molecule has 0 aliphatic carbocycles. The summed E-state index contributed by atoms with van der Waals surface area (Å²) in [5, 5.41) is 0.738. The van der Waals surface area contributed by atoms with Crippen LogP contribution in [-0.4, -0.2) is 46.5 Å². The van der Waals surface area contributed by atoms with E-state index in [0.717, 1.165) is 16.5 Å². The lowest BCUT2D eigenvalue weighted by molar-refractivity contribution is -0.146. The first kappa shape index (κ1) is 20.8. The van der Waals surface area contributed by atoms with Crippen molar-refractivity contribution in [2.75, 3.05) is 20.2 Å². The van der Waals surface area contributed by atoms with Gasteiger partial charge in [-0.2, -0.15) is 0 Å². The number of benzene rings is 1. The second kappa shape index (κ2) is 8.71. The predicted molar refractivity (Wildman–Crippen MR) is 117 cm³/mol. The summed E-state index contributed by atoms with van der Waals surface area (Å²) in [7, 11) is 1.37. The Morgan fingerprint density at radius 3 is 2.52 bits per heavy atom. The number of esters is 1. The van der Waals surface area contributed by atoms with Gasteiger partial charge in [-0.05, 0) is 43.5 Å². The highest BCUT2D eigenvalue weighted by Crippen LogP contribution is 2.21. The molecule has 1 saturated heterocycles. The number of carbonyl (C=O) groups excluding carboxylic acids is 2. The van der Waals surface area contributed by atoms with E-state index >= 15 is 0 Å². The van der Waals surface area contributed by atoms with Crippen LogP contribution in [0.4, 0.5) is 0 Å². The second-order valence-electron chi connectivity index (χ2n) is 7.94. The third-order valence-electron chi connectivity index (χ3n) is 5.86. The lowest BCUT2D eigenvalue weighted by atomic mass is 9.96. The highest BCUT2D eigenvalue weighted by atomic mass is 16.5. The summed E-state index contributed by atoms with van der Waals surface area (Å²) in [6, 6.07) is 13.2. The van der Waals surface area contributed by atoms with Gasteiger partial charge in [0.1, 0.15) is 11.2 Å². The van der Waals surface area contributed by atoms with Gasteiger partial charge in [0.05, 0.1) is 19.6 Å². The van der Waals surface area contributed by atoms with E-state index in [4.69, 9.17) is 4.74 Å². The largest absolute Gasteiger partial charge is 0.469 e. The third-order valence-corrected chi connectivity index (χ3v) is 5.86. The number of rotatable bonds is 4. The van der Waals surface area contributed by atoms with E-state index in [1.165, 1.54) is 7.11 Å². The molecular weight excluding hydrogens is 394 g/mol. The summed E-state index contributed by atoms with van der Waals surface area (Å²) >= 11 is 0. The number of carbonyl (C=O) groups is 2. The van der Waals surface area contributed by atoms with Gasteiger partial charge in [0, 0.05) is 24.7 Å². The van der Waals surface area contributed by atoms with Gasteiger partial charge in [0.15, 0.2) is 0 Å². The summed E-state index contributed by atoms with van der Waals surface area (Å²) in [6.45, 7) is 3.18. The topological polar surface area (TPSA) is 81.5 Å². The highest BCUT2D eigenvalue weighted by molar-refractivity contribution is 5.97. The Morgan fingerprint density at radius 1 is 1.13 bits per heavy atom. The van der Waals surface area contributed by atoms with Crippen LogP contribution in [0.1, 0.15) is 34.3 Å². The molecule has 2 aromatic heterocycles. The number of amides is 1. The van der Waals surface area contributed by atoms with Crippen LogP contribution < -0.4 is 5.56 Å². The number of aryl methyl sites for hydroxylation is 1. The van der Waals surface area contributed by atoms with Crippen molar-refractivity contribution in [2.24, 2.45) is 5.92 Å². The highest BCUT2D eigenvalue weighted by Gasteiger charge is 2.30. The van der Waals surface area contributed by atoms with E-state index in [9.17, 15) is 14.4 Å². The Bertz CT molecular complexity index is 1180.